The Morgan fingerprint density at radius 3 is 2.86 bits per heavy atom. The van der Waals surface area contributed by atoms with Crippen molar-refractivity contribution in [2.24, 2.45) is 0 Å². The van der Waals surface area contributed by atoms with Gasteiger partial charge in [-0.3, -0.25) is 14.6 Å². The van der Waals surface area contributed by atoms with Gasteiger partial charge in [-0.1, -0.05) is 25.0 Å². The number of benzene rings is 1. The lowest BCUT2D eigenvalue weighted by Crippen LogP contribution is -2.60. The summed E-state index contributed by atoms with van der Waals surface area (Å²) in [5, 5.41) is 3.33. The number of morpholine rings is 1. The molecule has 1 aromatic carbocycles. The molecule has 1 aromatic rings. The van der Waals surface area contributed by atoms with Gasteiger partial charge in [-0.05, 0) is 43.4 Å². The Morgan fingerprint density at radius 1 is 1.17 bits per heavy atom. The molecule has 6 nitrogen and oxygen atoms in total. The molecule has 1 N–H and O–H groups in total. The van der Waals surface area contributed by atoms with Gasteiger partial charge >= 0.3 is 0 Å². The second-order valence-electron chi connectivity index (χ2n) is 8.62. The van der Waals surface area contributed by atoms with Crippen LogP contribution in [0.5, 0.6) is 5.75 Å². The van der Waals surface area contributed by atoms with Gasteiger partial charge in [0.1, 0.15) is 5.75 Å². The first kappa shape index (κ1) is 20.6. The number of methoxy groups -OCH3 is 1. The maximum Gasteiger partial charge on any atom is 0.222 e. The summed E-state index contributed by atoms with van der Waals surface area (Å²) in [5.41, 5.74) is 1.31. The molecule has 1 amide bonds. The minimum Gasteiger partial charge on any atom is -0.497 e. The van der Waals surface area contributed by atoms with Crippen molar-refractivity contribution in [2.45, 2.75) is 63.2 Å². The molecule has 3 saturated heterocycles. The molecule has 0 spiro atoms. The highest BCUT2D eigenvalue weighted by Gasteiger charge is 2.37. The highest BCUT2D eigenvalue weighted by Crippen LogP contribution is 2.27. The van der Waals surface area contributed by atoms with Crippen LogP contribution in [0.2, 0.25) is 0 Å². The molecule has 0 aromatic heterocycles. The van der Waals surface area contributed by atoms with E-state index in [0.717, 1.165) is 51.4 Å². The Hall–Kier alpha value is -1.63. The summed E-state index contributed by atoms with van der Waals surface area (Å²) in [7, 11) is 1.72. The molecule has 6 heteroatoms. The predicted octanol–water partition coefficient (Wildman–Crippen LogP) is 2.42. The first-order valence-corrected chi connectivity index (χ1v) is 11.2. The summed E-state index contributed by atoms with van der Waals surface area (Å²) in [6.45, 7) is 4.52. The largest absolute Gasteiger partial charge is 0.497 e. The zero-order valence-corrected chi connectivity index (χ0v) is 17.6. The summed E-state index contributed by atoms with van der Waals surface area (Å²) in [5.74, 6) is 1.11. The third-order valence-electron chi connectivity index (χ3n) is 6.73. The van der Waals surface area contributed by atoms with Gasteiger partial charge in [0.05, 0.1) is 26.5 Å². The maximum atomic E-state index is 12.6. The molecule has 3 aliphatic rings. The van der Waals surface area contributed by atoms with Crippen LogP contribution in [0.25, 0.3) is 0 Å². The summed E-state index contributed by atoms with van der Waals surface area (Å²) >= 11 is 0. The molecule has 3 heterocycles. The molecule has 2 unspecified atom stereocenters. The molecule has 3 atom stereocenters. The van der Waals surface area contributed by atoms with Gasteiger partial charge in [0.25, 0.3) is 0 Å². The van der Waals surface area contributed by atoms with Crippen LogP contribution in [0.15, 0.2) is 24.3 Å². The Balaban J connectivity index is 1.48. The van der Waals surface area contributed by atoms with Crippen molar-refractivity contribution in [1.82, 2.24) is 15.1 Å². The van der Waals surface area contributed by atoms with Crippen molar-refractivity contribution in [2.75, 3.05) is 40.0 Å². The standard InChI is InChI=1S/C23H35N3O3/c1-28-21-8-5-6-18(15-21)14-19-7-3-2-4-9-26(19)22-16-20(17-23(27)24-22)25-10-12-29-13-11-25/h5-6,8,15,19-20,22H,2-4,7,9-14,16-17H2,1H3,(H,24,27)/t19-,20?,22?/m1/s1. The van der Waals surface area contributed by atoms with Crippen LogP contribution >= 0.6 is 0 Å². The summed E-state index contributed by atoms with van der Waals surface area (Å²) in [6, 6.07) is 9.21. The lowest BCUT2D eigenvalue weighted by molar-refractivity contribution is -0.129. The lowest BCUT2D eigenvalue weighted by Gasteiger charge is -2.44. The van der Waals surface area contributed by atoms with Crippen molar-refractivity contribution in [3.8, 4) is 5.75 Å². The number of hydrogen-bond acceptors (Lipinski definition) is 5. The fourth-order valence-corrected chi connectivity index (χ4v) is 5.20. The predicted molar refractivity (Wildman–Crippen MR) is 113 cm³/mol. The topological polar surface area (TPSA) is 54.0 Å². The van der Waals surface area contributed by atoms with Gasteiger partial charge in [-0.15, -0.1) is 0 Å². The molecule has 160 valence electrons. The Morgan fingerprint density at radius 2 is 2.03 bits per heavy atom. The maximum absolute atomic E-state index is 12.6. The Labute approximate surface area is 174 Å². The number of amides is 1. The van der Waals surface area contributed by atoms with E-state index in [-0.39, 0.29) is 12.1 Å². The molecule has 4 rings (SSSR count). The van der Waals surface area contributed by atoms with Gasteiger partial charge in [0.15, 0.2) is 0 Å². The van der Waals surface area contributed by atoms with E-state index >= 15 is 0 Å². The summed E-state index contributed by atoms with van der Waals surface area (Å²) in [4.78, 5) is 17.6. The molecular weight excluding hydrogens is 366 g/mol. The fourth-order valence-electron chi connectivity index (χ4n) is 5.20. The number of carbonyl (C=O) groups is 1. The molecule has 0 bridgehead atoms. The van der Waals surface area contributed by atoms with E-state index in [9.17, 15) is 4.79 Å². The van der Waals surface area contributed by atoms with Gasteiger partial charge in [-0.25, -0.2) is 0 Å². The average Bonchev–Trinajstić information content (AvgIpc) is 2.99. The number of ether oxygens (including phenoxy) is 2. The number of rotatable bonds is 5. The van der Waals surface area contributed by atoms with Crippen LogP contribution in [-0.4, -0.2) is 73.9 Å². The number of nitrogens with one attached hydrogen (secondary N) is 1. The molecule has 3 fully saturated rings. The second-order valence-corrected chi connectivity index (χ2v) is 8.62. The monoisotopic (exact) mass is 401 g/mol. The smallest absolute Gasteiger partial charge is 0.222 e. The third-order valence-corrected chi connectivity index (χ3v) is 6.73. The SMILES string of the molecule is COc1cccc(C[C@H]2CCCCCN2C2CC(N3CCOCC3)CC(=O)N2)c1. The first-order chi connectivity index (χ1) is 14.2. The Kier molecular flexibility index (Phi) is 7.06. The third kappa shape index (κ3) is 5.30. The van der Waals surface area contributed by atoms with Gasteiger partial charge in [0.2, 0.25) is 5.91 Å². The highest BCUT2D eigenvalue weighted by atomic mass is 16.5. The van der Waals surface area contributed by atoms with E-state index in [1.165, 1.54) is 31.2 Å². The number of piperidine rings is 1. The van der Waals surface area contributed by atoms with Crippen molar-refractivity contribution >= 4 is 5.91 Å². The zero-order chi connectivity index (χ0) is 20.1. The van der Waals surface area contributed by atoms with Crippen molar-refractivity contribution in [3.05, 3.63) is 29.8 Å². The van der Waals surface area contributed by atoms with Crippen LogP contribution in [0.3, 0.4) is 0 Å². The quantitative estimate of drug-likeness (QED) is 0.821. The minimum absolute atomic E-state index is 0.137. The fraction of sp³-hybridized carbons (Fsp3) is 0.696. The van der Waals surface area contributed by atoms with Crippen LogP contribution in [0, 0.1) is 0 Å². The molecule has 0 aliphatic carbocycles. The van der Waals surface area contributed by atoms with E-state index in [2.05, 4.69) is 33.3 Å². The Bertz CT molecular complexity index is 677. The highest BCUT2D eigenvalue weighted by molar-refractivity contribution is 5.77. The van der Waals surface area contributed by atoms with E-state index in [0.29, 0.717) is 18.5 Å². The molecule has 29 heavy (non-hydrogen) atoms. The normalized spacial score (nSPS) is 29.8. The van der Waals surface area contributed by atoms with Crippen LogP contribution in [-0.2, 0) is 16.0 Å². The molecular formula is C23H35N3O3. The van der Waals surface area contributed by atoms with Gasteiger partial charge in [0, 0.05) is 38.1 Å². The van der Waals surface area contributed by atoms with Crippen molar-refractivity contribution in [3.63, 3.8) is 0 Å². The summed E-state index contributed by atoms with van der Waals surface area (Å²) < 4.78 is 10.9. The number of hydrogen-bond donors (Lipinski definition) is 1. The number of nitrogens with zero attached hydrogens (tertiary/aromatic N) is 2. The number of carbonyl (C=O) groups excluding carboxylic acids is 1. The van der Waals surface area contributed by atoms with Gasteiger partial charge in [-0.2, -0.15) is 0 Å². The number of likely N-dealkylation sites (tertiary alicyclic amines) is 1. The first-order valence-electron chi connectivity index (χ1n) is 11.2. The summed E-state index contributed by atoms with van der Waals surface area (Å²) in [6.07, 6.45) is 7.71. The minimum atomic E-state index is 0.137. The van der Waals surface area contributed by atoms with E-state index in [1.807, 2.05) is 6.07 Å². The van der Waals surface area contributed by atoms with Crippen LogP contribution in [0.4, 0.5) is 0 Å². The van der Waals surface area contributed by atoms with E-state index in [4.69, 9.17) is 9.47 Å². The second kappa shape index (κ2) is 9.92. The lowest BCUT2D eigenvalue weighted by atomic mass is 9.96. The zero-order valence-electron chi connectivity index (χ0n) is 17.6. The van der Waals surface area contributed by atoms with E-state index < -0.39 is 0 Å². The van der Waals surface area contributed by atoms with Gasteiger partial charge < -0.3 is 14.8 Å². The molecule has 0 saturated carbocycles. The average molecular weight is 402 g/mol. The molecule has 0 radical (unpaired) electrons. The van der Waals surface area contributed by atoms with E-state index in [1.54, 1.807) is 7.11 Å². The van der Waals surface area contributed by atoms with Crippen molar-refractivity contribution in [1.29, 1.82) is 0 Å². The molecule has 3 aliphatic heterocycles. The van der Waals surface area contributed by atoms with Crippen LogP contribution < -0.4 is 10.1 Å². The van der Waals surface area contributed by atoms with Crippen molar-refractivity contribution < 1.29 is 14.3 Å². The van der Waals surface area contributed by atoms with Crippen LogP contribution in [0.1, 0.15) is 44.1 Å².